The van der Waals surface area contributed by atoms with Crippen LogP contribution in [0.1, 0.15) is 91.4 Å². The van der Waals surface area contributed by atoms with E-state index in [1.807, 2.05) is 0 Å². The summed E-state index contributed by atoms with van der Waals surface area (Å²) in [7, 11) is 0. The summed E-state index contributed by atoms with van der Waals surface area (Å²) in [6, 6.07) is 0. The predicted octanol–water partition coefficient (Wildman–Crippen LogP) is 5.13. The fraction of sp³-hybridized carbons (Fsp3) is 0.955. The number of fused-ring (bicyclic) bond motifs is 5. The minimum Gasteiger partial charge on any atom is -0.389 e. The highest BCUT2D eigenvalue weighted by Gasteiger charge is 2.64. The quantitative estimate of drug-likeness (QED) is 0.761. The van der Waals surface area contributed by atoms with Crippen LogP contribution in [0.3, 0.4) is 0 Å². The van der Waals surface area contributed by atoms with Crippen molar-refractivity contribution in [1.82, 2.24) is 0 Å². The topological polar surface area (TPSA) is 37.3 Å². The van der Waals surface area contributed by atoms with Crippen molar-refractivity contribution in [3.63, 3.8) is 0 Å². The first-order valence-electron chi connectivity index (χ1n) is 10.6. The third-order valence-corrected chi connectivity index (χ3v) is 9.47. The van der Waals surface area contributed by atoms with Gasteiger partial charge in [-0.1, -0.05) is 27.2 Å². The maximum Gasteiger partial charge on any atom is 0.133 e. The molecule has 1 N–H and O–H groups in total. The third-order valence-electron chi connectivity index (χ3n) is 9.47. The Morgan fingerprint density at radius 2 is 1.79 bits per heavy atom. The Balaban J connectivity index is 1.62. The highest BCUT2D eigenvalue weighted by molar-refractivity contribution is 5.79. The fourth-order valence-electron chi connectivity index (χ4n) is 7.98. The van der Waals surface area contributed by atoms with E-state index < -0.39 is 5.60 Å². The van der Waals surface area contributed by atoms with Crippen molar-refractivity contribution in [1.29, 1.82) is 0 Å². The van der Waals surface area contributed by atoms with Crippen LogP contribution in [0.15, 0.2) is 0 Å². The second kappa shape index (κ2) is 5.56. The number of hydrogen-bond acceptors (Lipinski definition) is 2. The van der Waals surface area contributed by atoms with E-state index >= 15 is 0 Å². The van der Waals surface area contributed by atoms with Gasteiger partial charge in [0.05, 0.1) is 5.60 Å². The van der Waals surface area contributed by atoms with Crippen LogP contribution in [0.25, 0.3) is 0 Å². The molecule has 4 fully saturated rings. The first-order chi connectivity index (χ1) is 11.3. The minimum atomic E-state index is -0.419. The van der Waals surface area contributed by atoms with Crippen molar-refractivity contribution in [2.75, 3.05) is 0 Å². The highest BCUT2D eigenvalue weighted by atomic mass is 16.3. The van der Waals surface area contributed by atoms with Gasteiger partial charge in [0.1, 0.15) is 5.78 Å². The fourth-order valence-corrected chi connectivity index (χ4v) is 7.98. The Morgan fingerprint density at radius 1 is 1.04 bits per heavy atom. The SMILES string of the molecule is CCC[C@]1(O)CC[C@H]2[C@@H]3CC[C@@H]4CC(=O)CC[C@]4(C)[C@H]3CC[C@@]21C. The molecule has 136 valence electrons. The molecular formula is C22H36O2. The van der Waals surface area contributed by atoms with Crippen LogP contribution in [0.2, 0.25) is 0 Å². The Labute approximate surface area is 147 Å². The lowest BCUT2D eigenvalue weighted by Gasteiger charge is -2.61. The van der Waals surface area contributed by atoms with E-state index in [-0.39, 0.29) is 5.41 Å². The van der Waals surface area contributed by atoms with Crippen molar-refractivity contribution < 1.29 is 9.90 Å². The molecular weight excluding hydrogens is 296 g/mol. The van der Waals surface area contributed by atoms with Gasteiger partial charge in [-0.15, -0.1) is 0 Å². The predicted molar refractivity (Wildman–Crippen MR) is 96.6 cm³/mol. The second-order valence-corrected chi connectivity index (χ2v) is 10.2. The van der Waals surface area contributed by atoms with Crippen LogP contribution in [0.4, 0.5) is 0 Å². The van der Waals surface area contributed by atoms with Gasteiger partial charge in [-0.2, -0.15) is 0 Å². The molecule has 0 aromatic rings. The molecule has 0 aromatic heterocycles. The monoisotopic (exact) mass is 332 g/mol. The van der Waals surface area contributed by atoms with E-state index in [4.69, 9.17) is 0 Å². The van der Waals surface area contributed by atoms with Crippen molar-refractivity contribution >= 4 is 5.78 Å². The van der Waals surface area contributed by atoms with Crippen LogP contribution >= 0.6 is 0 Å². The molecule has 0 aliphatic heterocycles. The van der Waals surface area contributed by atoms with E-state index in [9.17, 15) is 9.90 Å². The molecule has 4 aliphatic carbocycles. The molecule has 4 rings (SSSR count). The summed E-state index contributed by atoms with van der Waals surface area (Å²) in [5.41, 5.74) is 0.110. The van der Waals surface area contributed by atoms with Gasteiger partial charge < -0.3 is 5.11 Å². The van der Waals surface area contributed by atoms with Crippen LogP contribution in [-0.2, 0) is 4.79 Å². The maximum atomic E-state index is 12.0. The molecule has 4 aliphatic rings. The van der Waals surface area contributed by atoms with E-state index in [1.54, 1.807) is 0 Å². The molecule has 7 atom stereocenters. The highest BCUT2D eigenvalue weighted by Crippen LogP contribution is 2.68. The lowest BCUT2D eigenvalue weighted by atomic mass is 9.44. The average molecular weight is 333 g/mol. The van der Waals surface area contributed by atoms with Gasteiger partial charge in [-0.05, 0) is 85.9 Å². The molecule has 0 aromatic carbocycles. The summed E-state index contributed by atoms with van der Waals surface area (Å²) >= 11 is 0. The Hall–Kier alpha value is -0.370. The van der Waals surface area contributed by atoms with Crippen LogP contribution in [0.5, 0.6) is 0 Å². The molecule has 0 spiro atoms. The smallest absolute Gasteiger partial charge is 0.133 e. The Bertz CT molecular complexity index is 528. The molecule has 0 saturated heterocycles. The number of carbonyl (C=O) groups excluding carboxylic acids is 1. The van der Waals surface area contributed by atoms with Crippen LogP contribution in [0, 0.1) is 34.5 Å². The van der Waals surface area contributed by atoms with Crippen molar-refractivity contribution in [2.24, 2.45) is 34.5 Å². The number of hydrogen-bond donors (Lipinski definition) is 1. The Morgan fingerprint density at radius 3 is 2.54 bits per heavy atom. The molecule has 24 heavy (non-hydrogen) atoms. The number of ketones is 1. The summed E-state index contributed by atoms with van der Waals surface area (Å²) < 4.78 is 0. The summed E-state index contributed by atoms with van der Waals surface area (Å²) in [5.74, 6) is 3.45. The molecule has 0 radical (unpaired) electrons. The van der Waals surface area contributed by atoms with Crippen molar-refractivity contribution in [2.45, 2.75) is 97.0 Å². The third kappa shape index (κ3) is 2.14. The van der Waals surface area contributed by atoms with Crippen molar-refractivity contribution in [3.8, 4) is 0 Å². The number of rotatable bonds is 2. The van der Waals surface area contributed by atoms with Crippen molar-refractivity contribution in [3.05, 3.63) is 0 Å². The summed E-state index contributed by atoms with van der Waals surface area (Å²) in [5, 5.41) is 11.4. The minimum absolute atomic E-state index is 0.137. The lowest BCUT2D eigenvalue weighted by Crippen LogP contribution is -2.56. The van der Waals surface area contributed by atoms with E-state index in [2.05, 4.69) is 20.8 Å². The molecule has 2 heteroatoms. The van der Waals surface area contributed by atoms with E-state index in [0.29, 0.717) is 23.0 Å². The van der Waals surface area contributed by atoms with Gasteiger partial charge in [0.25, 0.3) is 0 Å². The van der Waals surface area contributed by atoms with Crippen LogP contribution < -0.4 is 0 Å². The summed E-state index contributed by atoms with van der Waals surface area (Å²) in [4.78, 5) is 12.0. The van der Waals surface area contributed by atoms with E-state index in [0.717, 1.165) is 50.4 Å². The first kappa shape index (κ1) is 17.1. The van der Waals surface area contributed by atoms with Gasteiger partial charge in [0.15, 0.2) is 0 Å². The largest absolute Gasteiger partial charge is 0.389 e. The zero-order chi connectivity index (χ0) is 17.2. The zero-order valence-electron chi connectivity index (χ0n) is 15.9. The van der Waals surface area contributed by atoms with Gasteiger partial charge in [-0.3, -0.25) is 4.79 Å². The number of aliphatic hydroxyl groups is 1. The van der Waals surface area contributed by atoms with Gasteiger partial charge in [0, 0.05) is 12.8 Å². The second-order valence-electron chi connectivity index (χ2n) is 10.2. The lowest BCUT2D eigenvalue weighted by molar-refractivity contribution is -0.158. The summed E-state index contributed by atoms with van der Waals surface area (Å²) in [6.07, 6.45) is 12.2. The average Bonchev–Trinajstić information content (AvgIpc) is 2.80. The maximum absolute atomic E-state index is 12.0. The zero-order valence-corrected chi connectivity index (χ0v) is 15.9. The molecule has 2 nitrogen and oxygen atoms in total. The van der Waals surface area contributed by atoms with Gasteiger partial charge in [-0.25, -0.2) is 0 Å². The molecule has 0 heterocycles. The van der Waals surface area contributed by atoms with Gasteiger partial charge >= 0.3 is 0 Å². The number of Topliss-reactive ketones (excluding diaryl/α,β-unsaturated/α-hetero) is 1. The molecule has 4 saturated carbocycles. The summed E-state index contributed by atoms with van der Waals surface area (Å²) in [6.45, 7) is 7.14. The number of carbonyl (C=O) groups is 1. The Kier molecular flexibility index (Phi) is 3.95. The van der Waals surface area contributed by atoms with Gasteiger partial charge in [0.2, 0.25) is 0 Å². The first-order valence-corrected chi connectivity index (χ1v) is 10.6. The molecule has 0 bridgehead atoms. The van der Waals surface area contributed by atoms with E-state index in [1.165, 1.54) is 32.1 Å². The standard InChI is InChI=1S/C22H36O2/c1-4-10-22(24)13-9-19-17-6-5-15-14-16(23)7-11-20(15,2)18(17)8-12-21(19,22)3/h15,17-19,24H,4-14H2,1-3H3/t15-,17-,18+,19+,20+,21+,22+/m1/s1. The molecule has 0 amide bonds. The van der Waals surface area contributed by atoms with Crippen LogP contribution in [-0.4, -0.2) is 16.5 Å². The molecule has 0 unspecified atom stereocenters. The normalized spacial score (nSPS) is 54.1.